The summed E-state index contributed by atoms with van der Waals surface area (Å²) in [6, 6.07) is 22.0. The van der Waals surface area contributed by atoms with Crippen molar-refractivity contribution in [2.75, 3.05) is 0 Å². The molecular weight excluding hydrogens is 457 g/mol. The van der Waals surface area contributed by atoms with E-state index in [0.29, 0.717) is 14.7 Å². The molecule has 0 aliphatic heterocycles. The first kappa shape index (κ1) is 22.9. The third-order valence-electron chi connectivity index (χ3n) is 4.89. The van der Waals surface area contributed by atoms with Gasteiger partial charge in [-0.3, -0.25) is 9.59 Å². The molecule has 7 nitrogen and oxygen atoms in total. The summed E-state index contributed by atoms with van der Waals surface area (Å²) in [4.78, 5) is 43.2. The SMILES string of the molecule is Cc1ccc(S(=O)n2cc(F)c(=NC(=O)c3ccccc3)n(C(=O)c3ccccc3)c2=O)cc1. The summed E-state index contributed by atoms with van der Waals surface area (Å²) in [5.74, 6) is -2.92. The molecule has 0 aliphatic rings. The summed E-state index contributed by atoms with van der Waals surface area (Å²) >= 11 is 0. The summed E-state index contributed by atoms with van der Waals surface area (Å²) in [5.41, 5.74) is -0.764. The Kier molecular flexibility index (Phi) is 6.55. The highest BCUT2D eigenvalue weighted by atomic mass is 32.2. The Morgan fingerprint density at radius 3 is 2.00 bits per heavy atom. The van der Waals surface area contributed by atoms with Crippen LogP contribution < -0.4 is 11.2 Å². The van der Waals surface area contributed by atoms with Gasteiger partial charge in [-0.15, -0.1) is 0 Å². The van der Waals surface area contributed by atoms with E-state index in [1.54, 1.807) is 48.5 Å². The van der Waals surface area contributed by atoms with E-state index in [2.05, 4.69) is 4.99 Å². The number of rotatable bonds is 4. The average Bonchev–Trinajstić information content (AvgIpc) is 2.87. The van der Waals surface area contributed by atoms with Gasteiger partial charge >= 0.3 is 5.69 Å². The summed E-state index contributed by atoms with van der Waals surface area (Å²) in [6.07, 6.45) is 0.685. The predicted molar refractivity (Wildman–Crippen MR) is 124 cm³/mol. The number of hydrogen-bond donors (Lipinski definition) is 0. The number of aromatic nitrogens is 2. The zero-order valence-electron chi connectivity index (χ0n) is 17.9. The number of amides is 1. The smallest absolute Gasteiger partial charge is 0.268 e. The van der Waals surface area contributed by atoms with Crippen LogP contribution in [-0.2, 0) is 11.0 Å². The molecule has 4 rings (SSSR count). The van der Waals surface area contributed by atoms with Gasteiger partial charge in [-0.05, 0) is 43.3 Å². The fourth-order valence-electron chi connectivity index (χ4n) is 3.14. The third kappa shape index (κ3) is 4.60. The Hall–Kier alpha value is -4.24. The number of carbonyl (C=O) groups is 2. The van der Waals surface area contributed by atoms with Gasteiger partial charge in [-0.25, -0.2) is 21.9 Å². The van der Waals surface area contributed by atoms with Crippen LogP contribution in [0.1, 0.15) is 26.3 Å². The molecule has 0 bridgehead atoms. The van der Waals surface area contributed by atoms with E-state index in [4.69, 9.17) is 0 Å². The Morgan fingerprint density at radius 1 is 0.853 bits per heavy atom. The van der Waals surface area contributed by atoms with Crippen molar-refractivity contribution in [1.82, 2.24) is 8.54 Å². The first-order valence-corrected chi connectivity index (χ1v) is 11.2. The van der Waals surface area contributed by atoms with Crippen molar-refractivity contribution < 1.29 is 18.2 Å². The lowest BCUT2D eigenvalue weighted by molar-refractivity contribution is 0.0944. The quantitative estimate of drug-likeness (QED) is 0.454. The van der Waals surface area contributed by atoms with E-state index in [1.165, 1.54) is 36.4 Å². The average molecular weight is 476 g/mol. The number of halogens is 1. The molecule has 0 saturated heterocycles. The van der Waals surface area contributed by atoms with Crippen molar-refractivity contribution in [3.63, 3.8) is 0 Å². The molecular formula is C25H18FN3O4S. The summed E-state index contributed by atoms with van der Waals surface area (Å²) < 4.78 is 29.4. The van der Waals surface area contributed by atoms with Gasteiger partial charge in [0.05, 0.1) is 11.1 Å². The fraction of sp³-hybridized carbons (Fsp3) is 0.0400. The van der Waals surface area contributed by atoms with Gasteiger partial charge in [0.1, 0.15) is 0 Å². The minimum Gasteiger partial charge on any atom is -0.268 e. The molecule has 0 aliphatic carbocycles. The van der Waals surface area contributed by atoms with Crippen molar-refractivity contribution in [2.45, 2.75) is 11.8 Å². The number of aryl methyl sites for hydroxylation is 1. The lowest BCUT2D eigenvalue weighted by Crippen LogP contribution is -2.46. The maximum atomic E-state index is 15.3. The second-order valence-electron chi connectivity index (χ2n) is 7.26. The van der Waals surface area contributed by atoms with Crippen LogP contribution in [0.15, 0.2) is 106 Å². The molecule has 34 heavy (non-hydrogen) atoms. The standard InChI is InChI=1S/C25H18FN3O4S/c1-17-12-14-20(15-13-17)34(33)28-16-21(26)22(27-23(30)18-8-4-2-5-9-18)29(25(28)32)24(31)19-10-6-3-7-11-19/h2-16H,1H3. The first-order valence-electron chi connectivity index (χ1n) is 10.1. The fourth-order valence-corrected chi connectivity index (χ4v) is 4.14. The number of benzene rings is 3. The molecule has 170 valence electrons. The Morgan fingerprint density at radius 2 is 1.41 bits per heavy atom. The van der Waals surface area contributed by atoms with E-state index >= 15 is 4.39 Å². The van der Waals surface area contributed by atoms with Gasteiger partial charge < -0.3 is 0 Å². The highest BCUT2D eigenvalue weighted by molar-refractivity contribution is 7.83. The summed E-state index contributed by atoms with van der Waals surface area (Å²) in [5, 5.41) is 0. The molecule has 4 aromatic rings. The van der Waals surface area contributed by atoms with E-state index < -0.39 is 39.8 Å². The highest BCUT2D eigenvalue weighted by Gasteiger charge is 2.22. The van der Waals surface area contributed by atoms with Crippen molar-refractivity contribution >= 4 is 22.8 Å². The van der Waals surface area contributed by atoms with Crippen LogP contribution in [0.25, 0.3) is 0 Å². The predicted octanol–water partition coefficient (Wildman–Crippen LogP) is 3.10. The van der Waals surface area contributed by atoms with Gasteiger partial charge in [0.2, 0.25) is 0 Å². The van der Waals surface area contributed by atoms with Crippen LogP contribution in [0.4, 0.5) is 4.39 Å². The Balaban J connectivity index is 1.96. The third-order valence-corrected chi connectivity index (χ3v) is 6.18. The van der Waals surface area contributed by atoms with Gasteiger partial charge in [-0.1, -0.05) is 54.1 Å². The van der Waals surface area contributed by atoms with Crippen LogP contribution in [0.2, 0.25) is 0 Å². The molecule has 0 radical (unpaired) electrons. The van der Waals surface area contributed by atoms with Crippen molar-refractivity contribution in [2.24, 2.45) is 4.99 Å². The van der Waals surface area contributed by atoms with Crippen LogP contribution >= 0.6 is 0 Å². The number of hydrogen-bond acceptors (Lipinski definition) is 4. The van der Waals surface area contributed by atoms with Crippen LogP contribution in [0.3, 0.4) is 0 Å². The Bertz CT molecular complexity index is 1530. The zero-order valence-corrected chi connectivity index (χ0v) is 18.7. The minimum atomic E-state index is -2.15. The van der Waals surface area contributed by atoms with Gasteiger partial charge in [0, 0.05) is 11.1 Å². The number of carbonyl (C=O) groups excluding carboxylic acids is 2. The summed E-state index contributed by atoms with van der Waals surface area (Å²) in [7, 11) is -2.15. The molecule has 1 aromatic heterocycles. The van der Waals surface area contributed by atoms with E-state index in [1.807, 2.05) is 6.92 Å². The van der Waals surface area contributed by atoms with Crippen molar-refractivity contribution in [3.05, 3.63) is 130 Å². The molecule has 1 unspecified atom stereocenters. The molecule has 3 aromatic carbocycles. The van der Waals surface area contributed by atoms with Crippen LogP contribution in [0, 0.1) is 12.7 Å². The van der Waals surface area contributed by atoms with Crippen molar-refractivity contribution in [1.29, 1.82) is 0 Å². The maximum Gasteiger partial charge on any atom is 0.349 e. The molecule has 0 saturated carbocycles. The largest absolute Gasteiger partial charge is 0.349 e. The highest BCUT2D eigenvalue weighted by Crippen LogP contribution is 2.10. The summed E-state index contributed by atoms with van der Waals surface area (Å²) in [6.45, 7) is 1.84. The maximum absolute atomic E-state index is 15.3. The second kappa shape index (κ2) is 9.72. The monoisotopic (exact) mass is 475 g/mol. The second-order valence-corrected chi connectivity index (χ2v) is 8.62. The van der Waals surface area contributed by atoms with Crippen LogP contribution in [0.5, 0.6) is 0 Å². The Labute approximate surface area is 196 Å². The first-order chi connectivity index (χ1) is 16.4. The van der Waals surface area contributed by atoms with E-state index in [9.17, 15) is 18.6 Å². The minimum absolute atomic E-state index is 0.0616. The molecule has 0 N–H and O–H groups in total. The van der Waals surface area contributed by atoms with E-state index in [-0.39, 0.29) is 16.0 Å². The molecule has 9 heteroatoms. The zero-order chi connectivity index (χ0) is 24.2. The molecule has 1 atom stereocenters. The van der Waals surface area contributed by atoms with Crippen LogP contribution in [-0.4, -0.2) is 24.6 Å². The topological polar surface area (TPSA) is 90.5 Å². The molecule has 1 amide bonds. The molecule has 0 spiro atoms. The van der Waals surface area contributed by atoms with Gasteiger partial charge in [0.25, 0.3) is 11.8 Å². The van der Waals surface area contributed by atoms with Gasteiger partial charge in [-0.2, -0.15) is 4.99 Å². The molecule has 0 fully saturated rings. The lowest BCUT2D eigenvalue weighted by Gasteiger charge is -2.11. The van der Waals surface area contributed by atoms with E-state index in [0.717, 1.165) is 5.56 Å². The molecule has 1 heterocycles. The lowest BCUT2D eigenvalue weighted by atomic mass is 10.2. The van der Waals surface area contributed by atoms with Crippen molar-refractivity contribution in [3.8, 4) is 0 Å². The normalized spacial score (nSPS) is 12.4. The van der Waals surface area contributed by atoms with Gasteiger partial charge in [0.15, 0.2) is 22.3 Å². The number of nitrogens with zero attached hydrogens (tertiary/aromatic N) is 3.